The van der Waals surface area contributed by atoms with E-state index in [-0.39, 0.29) is 17.9 Å². The van der Waals surface area contributed by atoms with Crippen molar-refractivity contribution in [1.29, 1.82) is 0 Å². The SMILES string of the molecule is NC1CCC(C(=O)Nc2nc3c(s2)CCCCC3)C1. The molecule has 3 N–H and O–H groups in total. The minimum absolute atomic E-state index is 0.0821. The van der Waals surface area contributed by atoms with Crippen LogP contribution < -0.4 is 11.1 Å². The second-order valence-corrected chi connectivity index (χ2v) is 6.79. The number of thiazole rings is 1. The van der Waals surface area contributed by atoms with Gasteiger partial charge in [-0.05, 0) is 44.9 Å². The monoisotopic (exact) mass is 279 g/mol. The summed E-state index contributed by atoms with van der Waals surface area (Å²) >= 11 is 1.66. The third-order valence-corrected chi connectivity index (χ3v) is 5.24. The van der Waals surface area contributed by atoms with Crippen molar-refractivity contribution in [1.82, 2.24) is 4.98 Å². The highest BCUT2D eigenvalue weighted by Gasteiger charge is 2.28. The molecule has 1 aromatic rings. The highest BCUT2D eigenvalue weighted by Crippen LogP contribution is 2.30. The zero-order valence-electron chi connectivity index (χ0n) is 11.2. The Kier molecular flexibility index (Phi) is 3.84. The molecule has 1 heterocycles. The number of amides is 1. The van der Waals surface area contributed by atoms with Gasteiger partial charge in [0.2, 0.25) is 5.91 Å². The summed E-state index contributed by atoms with van der Waals surface area (Å²) in [4.78, 5) is 18.1. The topological polar surface area (TPSA) is 68.0 Å². The molecule has 5 heteroatoms. The van der Waals surface area contributed by atoms with Crippen LogP contribution in [0.25, 0.3) is 0 Å². The fraction of sp³-hybridized carbons (Fsp3) is 0.714. The third kappa shape index (κ3) is 2.98. The maximum absolute atomic E-state index is 12.1. The maximum atomic E-state index is 12.1. The molecular weight excluding hydrogens is 258 g/mol. The molecule has 0 saturated heterocycles. The van der Waals surface area contributed by atoms with Gasteiger partial charge in [-0.25, -0.2) is 4.98 Å². The lowest BCUT2D eigenvalue weighted by Gasteiger charge is -2.08. The minimum Gasteiger partial charge on any atom is -0.328 e. The van der Waals surface area contributed by atoms with E-state index in [2.05, 4.69) is 10.3 Å². The number of fused-ring (bicyclic) bond motifs is 1. The number of nitrogens with one attached hydrogen (secondary N) is 1. The largest absolute Gasteiger partial charge is 0.328 e. The molecule has 0 aliphatic heterocycles. The number of hydrogen-bond acceptors (Lipinski definition) is 4. The van der Waals surface area contributed by atoms with Crippen molar-refractivity contribution >= 4 is 22.4 Å². The number of nitrogens with zero attached hydrogens (tertiary/aromatic N) is 1. The van der Waals surface area contributed by atoms with Gasteiger partial charge in [-0.1, -0.05) is 6.42 Å². The fourth-order valence-electron chi connectivity index (χ4n) is 3.04. The number of anilines is 1. The number of carbonyl (C=O) groups is 1. The van der Waals surface area contributed by atoms with Crippen LogP contribution in [0.5, 0.6) is 0 Å². The molecule has 1 aromatic heterocycles. The van der Waals surface area contributed by atoms with E-state index in [1.807, 2.05) is 0 Å². The van der Waals surface area contributed by atoms with E-state index in [4.69, 9.17) is 5.73 Å². The molecule has 0 aromatic carbocycles. The van der Waals surface area contributed by atoms with Crippen LogP contribution in [0.4, 0.5) is 5.13 Å². The summed E-state index contributed by atoms with van der Waals surface area (Å²) in [6.45, 7) is 0. The average Bonchev–Trinajstić information content (AvgIpc) is 2.91. The molecule has 3 rings (SSSR count). The molecule has 2 aliphatic rings. The van der Waals surface area contributed by atoms with Gasteiger partial charge in [-0.15, -0.1) is 11.3 Å². The minimum atomic E-state index is 0.0821. The van der Waals surface area contributed by atoms with Gasteiger partial charge in [-0.3, -0.25) is 4.79 Å². The predicted molar refractivity (Wildman–Crippen MR) is 77.3 cm³/mol. The number of aromatic nitrogens is 1. The van der Waals surface area contributed by atoms with Gasteiger partial charge in [0.05, 0.1) is 5.69 Å². The van der Waals surface area contributed by atoms with Crippen molar-refractivity contribution in [3.8, 4) is 0 Å². The van der Waals surface area contributed by atoms with Crippen molar-refractivity contribution in [3.05, 3.63) is 10.6 Å². The highest BCUT2D eigenvalue weighted by molar-refractivity contribution is 7.15. The van der Waals surface area contributed by atoms with Crippen molar-refractivity contribution in [2.45, 2.75) is 57.4 Å². The summed E-state index contributed by atoms with van der Waals surface area (Å²) in [7, 11) is 0. The molecule has 104 valence electrons. The van der Waals surface area contributed by atoms with E-state index in [0.717, 1.165) is 37.2 Å². The van der Waals surface area contributed by atoms with Crippen LogP contribution in [0.1, 0.15) is 49.1 Å². The Hall–Kier alpha value is -0.940. The molecule has 0 spiro atoms. The van der Waals surface area contributed by atoms with Gasteiger partial charge in [0.15, 0.2) is 5.13 Å². The summed E-state index contributed by atoms with van der Waals surface area (Å²) < 4.78 is 0. The molecular formula is C14H21N3OS. The predicted octanol–water partition coefficient (Wildman–Crippen LogP) is 2.48. The summed E-state index contributed by atoms with van der Waals surface area (Å²) in [5, 5.41) is 3.78. The van der Waals surface area contributed by atoms with Crippen LogP contribution in [0.2, 0.25) is 0 Å². The normalized spacial score (nSPS) is 26.8. The van der Waals surface area contributed by atoms with E-state index in [9.17, 15) is 4.79 Å². The highest BCUT2D eigenvalue weighted by atomic mass is 32.1. The lowest BCUT2D eigenvalue weighted by Crippen LogP contribution is -2.23. The molecule has 0 radical (unpaired) electrons. The molecule has 4 nitrogen and oxygen atoms in total. The second-order valence-electron chi connectivity index (χ2n) is 5.71. The summed E-state index contributed by atoms with van der Waals surface area (Å²) in [6, 6.07) is 0.198. The first-order valence-corrected chi connectivity index (χ1v) is 8.09. The van der Waals surface area contributed by atoms with Crippen molar-refractivity contribution < 1.29 is 4.79 Å². The first-order valence-electron chi connectivity index (χ1n) is 7.27. The molecule has 1 fully saturated rings. The Balaban J connectivity index is 1.65. The molecule has 0 bridgehead atoms. The zero-order chi connectivity index (χ0) is 13.2. The summed E-state index contributed by atoms with van der Waals surface area (Å²) in [5.41, 5.74) is 7.07. The molecule has 2 aliphatic carbocycles. The Bertz CT molecular complexity index is 448. The average molecular weight is 279 g/mol. The maximum Gasteiger partial charge on any atom is 0.229 e. The molecule has 19 heavy (non-hydrogen) atoms. The Labute approximate surface area is 117 Å². The Morgan fingerprint density at radius 1 is 1.26 bits per heavy atom. The van der Waals surface area contributed by atoms with Crippen LogP contribution in [0.15, 0.2) is 0 Å². The van der Waals surface area contributed by atoms with E-state index in [0.29, 0.717) is 0 Å². The van der Waals surface area contributed by atoms with Crippen molar-refractivity contribution in [3.63, 3.8) is 0 Å². The number of aryl methyl sites for hydroxylation is 2. The van der Waals surface area contributed by atoms with E-state index < -0.39 is 0 Å². The Morgan fingerprint density at radius 2 is 2.11 bits per heavy atom. The molecule has 2 atom stereocenters. The number of hydrogen-bond donors (Lipinski definition) is 2. The first kappa shape index (κ1) is 13.1. The fourth-order valence-corrected chi connectivity index (χ4v) is 4.10. The smallest absolute Gasteiger partial charge is 0.229 e. The Morgan fingerprint density at radius 3 is 2.89 bits per heavy atom. The number of rotatable bonds is 2. The van der Waals surface area contributed by atoms with Crippen LogP contribution in [-0.4, -0.2) is 16.9 Å². The zero-order valence-corrected chi connectivity index (χ0v) is 12.0. The third-order valence-electron chi connectivity index (χ3n) is 4.17. The van der Waals surface area contributed by atoms with Crippen molar-refractivity contribution in [2.24, 2.45) is 11.7 Å². The van der Waals surface area contributed by atoms with Crippen LogP contribution >= 0.6 is 11.3 Å². The van der Waals surface area contributed by atoms with Gasteiger partial charge < -0.3 is 11.1 Å². The van der Waals surface area contributed by atoms with Gasteiger partial charge in [-0.2, -0.15) is 0 Å². The summed E-state index contributed by atoms with van der Waals surface area (Å²) in [6.07, 6.45) is 8.65. The number of carbonyl (C=O) groups excluding carboxylic acids is 1. The quantitative estimate of drug-likeness (QED) is 0.817. The van der Waals surface area contributed by atoms with Crippen LogP contribution in [-0.2, 0) is 17.6 Å². The van der Waals surface area contributed by atoms with E-state index in [1.165, 1.54) is 29.8 Å². The lowest BCUT2D eigenvalue weighted by molar-refractivity contribution is -0.119. The van der Waals surface area contributed by atoms with E-state index in [1.54, 1.807) is 11.3 Å². The number of nitrogens with two attached hydrogens (primary N) is 1. The van der Waals surface area contributed by atoms with Gasteiger partial charge in [0, 0.05) is 16.8 Å². The van der Waals surface area contributed by atoms with Gasteiger partial charge in [0.25, 0.3) is 0 Å². The first-order chi connectivity index (χ1) is 9.22. The van der Waals surface area contributed by atoms with Crippen LogP contribution in [0, 0.1) is 5.92 Å². The lowest BCUT2D eigenvalue weighted by atomic mass is 10.1. The van der Waals surface area contributed by atoms with E-state index >= 15 is 0 Å². The molecule has 2 unspecified atom stereocenters. The van der Waals surface area contributed by atoms with Gasteiger partial charge >= 0.3 is 0 Å². The molecule has 1 saturated carbocycles. The van der Waals surface area contributed by atoms with Gasteiger partial charge in [0.1, 0.15) is 0 Å². The van der Waals surface area contributed by atoms with Crippen LogP contribution in [0.3, 0.4) is 0 Å². The standard InChI is InChI=1S/C14H21N3OS/c15-10-7-6-9(8-10)13(18)17-14-16-11-4-2-1-3-5-12(11)19-14/h9-10H,1-8,15H2,(H,16,17,18). The summed E-state index contributed by atoms with van der Waals surface area (Å²) in [5.74, 6) is 0.190. The second kappa shape index (κ2) is 5.59. The molecule has 1 amide bonds. The van der Waals surface area contributed by atoms with Crippen molar-refractivity contribution in [2.75, 3.05) is 5.32 Å².